The molecule has 0 bridgehead atoms. The van der Waals surface area contributed by atoms with Gasteiger partial charge in [-0.1, -0.05) is 24.3 Å². The van der Waals surface area contributed by atoms with Crippen molar-refractivity contribution in [1.29, 1.82) is 0 Å². The summed E-state index contributed by atoms with van der Waals surface area (Å²) in [6.45, 7) is 0. The zero-order valence-electron chi connectivity index (χ0n) is 9.05. The fourth-order valence-electron chi connectivity index (χ4n) is 2.59. The van der Waals surface area contributed by atoms with Gasteiger partial charge in [0.1, 0.15) is 0 Å². The number of benzene rings is 1. The molecular formula is C13H15F2N. The quantitative estimate of drug-likeness (QED) is 0.819. The molecule has 0 saturated heterocycles. The fraction of sp³-hybridized carbons (Fsp3) is 0.538. The maximum atomic E-state index is 12.9. The Balaban J connectivity index is 1.86. The molecule has 2 N–H and O–H groups in total. The molecule has 16 heavy (non-hydrogen) atoms. The van der Waals surface area contributed by atoms with Gasteiger partial charge in [-0.05, 0) is 29.9 Å². The molecule has 0 amide bonds. The van der Waals surface area contributed by atoms with Crippen LogP contribution in [0.25, 0.3) is 0 Å². The van der Waals surface area contributed by atoms with E-state index in [0.717, 1.165) is 5.56 Å². The Bertz CT molecular complexity index is 416. The van der Waals surface area contributed by atoms with Gasteiger partial charge in [-0.25, -0.2) is 8.78 Å². The zero-order chi connectivity index (χ0) is 11.4. The van der Waals surface area contributed by atoms with Crippen LogP contribution in [-0.4, -0.2) is 5.92 Å². The van der Waals surface area contributed by atoms with Crippen LogP contribution in [0, 0.1) is 0 Å². The van der Waals surface area contributed by atoms with Crippen LogP contribution >= 0.6 is 0 Å². The number of hydrogen-bond donors (Lipinski definition) is 1. The lowest BCUT2D eigenvalue weighted by Crippen LogP contribution is -2.55. The first-order valence-electron chi connectivity index (χ1n) is 5.76. The van der Waals surface area contributed by atoms with Crippen LogP contribution in [0.3, 0.4) is 0 Å². The fourth-order valence-corrected chi connectivity index (χ4v) is 2.59. The molecule has 2 aliphatic carbocycles. The van der Waals surface area contributed by atoms with E-state index in [4.69, 9.17) is 5.73 Å². The minimum atomic E-state index is -2.57. The zero-order valence-corrected chi connectivity index (χ0v) is 9.05. The van der Waals surface area contributed by atoms with E-state index in [-0.39, 0.29) is 12.8 Å². The summed E-state index contributed by atoms with van der Waals surface area (Å²) in [4.78, 5) is 0. The van der Waals surface area contributed by atoms with Gasteiger partial charge in [0.25, 0.3) is 5.92 Å². The van der Waals surface area contributed by atoms with E-state index < -0.39 is 11.5 Å². The SMILES string of the molecule is NC1(c2cccc(C3CC3)c2)CC(F)(F)C1. The minimum absolute atomic E-state index is 0.214. The second kappa shape index (κ2) is 3.04. The summed E-state index contributed by atoms with van der Waals surface area (Å²) >= 11 is 0. The maximum absolute atomic E-state index is 12.9. The molecule has 0 heterocycles. The Labute approximate surface area is 93.6 Å². The number of nitrogens with two attached hydrogens (primary N) is 1. The second-order valence-electron chi connectivity index (χ2n) is 5.27. The predicted molar refractivity (Wildman–Crippen MR) is 58.5 cm³/mol. The van der Waals surface area contributed by atoms with E-state index in [9.17, 15) is 8.78 Å². The molecule has 0 spiro atoms. The van der Waals surface area contributed by atoms with Crippen molar-refractivity contribution >= 4 is 0 Å². The largest absolute Gasteiger partial charge is 0.321 e. The highest BCUT2D eigenvalue weighted by atomic mass is 19.3. The van der Waals surface area contributed by atoms with E-state index in [1.807, 2.05) is 18.2 Å². The molecule has 0 radical (unpaired) electrons. The lowest BCUT2D eigenvalue weighted by atomic mass is 9.69. The van der Waals surface area contributed by atoms with Gasteiger partial charge in [0.15, 0.2) is 0 Å². The van der Waals surface area contributed by atoms with E-state index in [1.165, 1.54) is 18.4 Å². The summed E-state index contributed by atoms with van der Waals surface area (Å²) in [7, 11) is 0. The Kier molecular flexibility index (Phi) is 1.94. The molecule has 1 aromatic rings. The Morgan fingerprint density at radius 3 is 2.44 bits per heavy atom. The third-order valence-electron chi connectivity index (χ3n) is 3.66. The van der Waals surface area contributed by atoms with Crippen molar-refractivity contribution in [3.63, 3.8) is 0 Å². The summed E-state index contributed by atoms with van der Waals surface area (Å²) < 4.78 is 25.8. The second-order valence-corrected chi connectivity index (χ2v) is 5.27. The van der Waals surface area contributed by atoms with Crippen molar-refractivity contribution in [2.45, 2.75) is 43.1 Å². The number of rotatable bonds is 2. The standard InChI is InChI=1S/C13H15F2N/c14-13(15)7-12(16,8-13)11-3-1-2-10(6-11)9-4-5-9/h1-3,6,9H,4-5,7-8,16H2. The average molecular weight is 223 g/mol. The van der Waals surface area contributed by atoms with Gasteiger partial charge in [0.2, 0.25) is 0 Å². The van der Waals surface area contributed by atoms with E-state index in [0.29, 0.717) is 5.92 Å². The minimum Gasteiger partial charge on any atom is -0.321 e. The predicted octanol–water partition coefficient (Wildman–Crippen LogP) is 3.15. The van der Waals surface area contributed by atoms with Crippen LogP contribution in [0.4, 0.5) is 8.78 Å². The summed E-state index contributed by atoms with van der Waals surface area (Å²) in [5, 5.41) is 0. The highest BCUT2D eigenvalue weighted by molar-refractivity contribution is 5.35. The first kappa shape index (κ1) is 10.2. The van der Waals surface area contributed by atoms with Crippen molar-refractivity contribution in [3.8, 4) is 0 Å². The first-order valence-corrected chi connectivity index (χ1v) is 5.76. The van der Waals surface area contributed by atoms with E-state index in [2.05, 4.69) is 6.07 Å². The molecule has 1 nitrogen and oxygen atoms in total. The molecule has 2 saturated carbocycles. The van der Waals surface area contributed by atoms with Crippen LogP contribution in [0.5, 0.6) is 0 Å². The van der Waals surface area contributed by atoms with E-state index in [1.54, 1.807) is 0 Å². The Hall–Kier alpha value is -0.960. The highest BCUT2D eigenvalue weighted by Crippen LogP contribution is 2.50. The monoisotopic (exact) mass is 223 g/mol. The third-order valence-corrected chi connectivity index (χ3v) is 3.66. The Morgan fingerprint density at radius 1 is 1.19 bits per heavy atom. The highest BCUT2D eigenvalue weighted by Gasteiger charge is 2.55. The van der Waals surface area contributed by atoms with Crippen molar-refractivity contribution in [2.75, 3.05) is 0 Å². The van der Waals surface area contributed by atoms with Gasteiger partial charge in [-0.2, -0.15) is 0 Å². The van der Waals surface area contributed by atoms with Gasteiger partial charge >= 0.3 is 0 Å². The van der Waals surface area contributed by atoms with Crippen molar-refractivity contribution < 1.29 is 8.78 Å². The molecule has 2 fully saturated rings. The molecule has 3 heteroatoms. The van der Waals surface area contributed by atoms with Crippen LogP contribution in [-0.2, 0) is 5.54 Å². The number of halogens is 2. The molecule has 86 valence electrons. The molecule has 2 aliphatic rings. The van der Waals surface area contributed by atoms with Crippen LogP contribution in [0.1, 0.15) is 42.7 Å². The van der Waals surface area contributed by atoms with Gasteiger partial charge in [-0.15, -0.1) is 0 Å². The molecule has 3 rings (SSSR count). The molecule has 1 aromatic carbocycles. The number of hydrogen-bond acceptors (Lipinski definition) is 1. The van der Waals surface area contributed by atoms with Gasteiger partial charge in [0.05, 0.1) is 5.54 Å². The van der Waals surface area contributed by atoms with Crippen LogP contribution in [0.15, 0.2) is 24.3 Å². The third kappa shape index (κ3) is 1.63. The lowest BCUT2D eigenvalue weighted by Gasteiger charge is -2.45. The van der Waals surface area contributed by atoms with Crippen molar-refractivity contribution in [3.05, 3.63) is 35.4 Å². The normalized spacial score (nSPS) is 26.2. The van der Waals surface area contributed by atoms with Gasteiger partial charge < -0.3 is 5.73 Å². The summed E-state index contributed by atoms with van der Waals surface area (Å²) in [6, 6.07) is 7.91. The molecule has 0 aromatic heterocycles. The van der Waals surface area contributed by atoms with Gasteiger partial charge in [-0.3, -0.25) is 0 Å². The summed E-state index contributed by atoms with van der Waals surface area (Å²) in [6.07, 6.45) is 2.01. The number of alkyl halides is 2. The lowest BCUT2D eigenvalue weighted by molar-refractivity contribution is -0.125. The van der Waals surface area contributed by atoms with Crippen molar-refractivity contribution in [1.82, 2.24) is 0 Å². The van der Waals surface area contributed by atoms with Gasteiger partial charge in [0, 0.05) is 12.8 Å². The molecule has 0 aliphatic heterocycles. The summed E-state index contributed by atoms with van der Waals surface area (Å²) in [5.74, 6) is -1.92. The molecular weight excluding hydrogens is 208 g/mol. The average Bonchev–Trinajstić information content (AvgIpc) is 2.98. The smallest absolute Gasteiger partial charge is 0.252 e. The summed E-state index contributed by atoms with van der Waals surface area (Å²) in [5.41, 5.74) is 7.35. The first-order chi connectivity index (χ1) is 7.49. The maximum Gasteiger partial charge on any atom is 0.252 e. The van der Waals surface area contributed by atoms with E-state index >= 15 is 0 Å². The molecule has 0 unspecified atom stereocenters. The van der Waals surface area contributed by atoms with Crippen LogP contribution < -0.4 is 5.73 Å². The topological polar surface area (TPSA) is 26.0 Å². The Morgan fingerprint density at radius 2 is 1.88 bits per heavy atom. The molecule has 0 atom stereocenters. The van der Waals surface area contributed by atoms with Crippen LogP contribution in [0.2, 0.25) is 0 Å². The van der Waals surface area contributed by atoms with Crippen molar-refractivity contribution in [2.24, 2.45) is 5.73 Å².